The van der Waals surface area contributed by atoms with Crippen LogP contribution in [0.4, 0.5) is 10.1 Å². The van der Waals surface area contributed by atoms with Crippen LogP contribution in [0.15, 0.2) is 77.4 Å². The Morgan fingerprint density at radius 3 is 2.40 bits per heavy atom. The van der Waals surface area contributed by atoms with E-state index in [-0.39, 0.29) is 17.6 Å². The van der Waals surface area contributed by atoms with Crippen molar-refractivity contribution in [1.29, 1.82) is 0 Å². The molecule has 3 aromatic rings. The van der Waals surface area contributed by atoms with E-state index in [4.69, 9.17) is 4.42 Å². The van der Waals surface area contributed by atoms with Gasteiger partial charge in [0, 0.05) is 0 Å². The van der Waals surface area contributed by atoms with Gasteiger partial charge < -0.3 is 9.73 Å². The quantitative estimate of drug-likeness (QED) is 0.711. The second kappa shape index (κ2) is 7.77. The lowest BCUT2D eigenvalue weighted by Gasteiger charge is -2.22. The fourth-order valence-corrected chi connectivity index (χ4v) is 2.57. The third-order valence-electron chi connectivity index (χ3n) is 3.90. The van der Waals surface area contributed by atoms with Crippen molar-refractivity contribution in [3.8, 4) is 0 Å². The highest BCUT2D eigenvalue weighted by molar-refractivity contribution is 5.94. The highest BCUT2D eigenvalue weighted by Crippen LogP contribution is 2.23. The highest BCUT2D eigenvalue weighted by atomic mass is 19.1. The Labute approximate surface area is 145 Å². The summed E-state index contributed by atoms with van der Waals surface area (Å²) in [4.78, 5) is 12.4. The van der Waals surface area contributed by atoms with E-state index in [1.807, 2.05) is 36.4 Å². The topological polar surface area (TPSA) is 54.3 Å². The molecule has 1 amide bonds. The Kier molecular flexibility index (Phi) is 5.26. The second-order valence-electron chi connectivity index (χ2n) is 5.72. The third kappa shape index (κ3) is 4.14. The molecule has 0 aliphatic carbocycles. The van der Waals surface area contributed by atoms with Crippen molar-refractivity contribution < 1.29 is 13.6 Å². The molecule has 0 aliphatic heterocycles. The van der Waals surface area contributed by atoms with Crippen LogP contribution in [0.1, 0.15) is 24.3 Å². The molecule has 25 heavy (non-hydrogen) atoms. The van der Waals surface area contributed by atoms with Crippen molar-refractivity contribution in [1.82, 2.24) is 5.32 Å². The molecule has 0 spiro atoms. The van der Waals surface area contributed by atoms with Gasteiger partial charge in [-0.05, 0) is 36.8 Å². The summed E-state index contributed by atoms with van der Waals surface area (Å²) >= 11 is 0. The van der Waals surface area contributed by atoms with Crippen molar-refractivity contribution in [3.63, 3.8) is 0 Å². The van der Waals surface area contributed by atoms with Gasteiger partial charge in [0.15, 0.2) is 0 Å². The number of hydrogen-bond donors (Lipinski definition) is 2. The molecular formula is C20H19FN2O2. The standard InChI is InChI=1S/C20H19FN2O2/c1-14(20(24)23-17-11-6-5-10-16(17)21)22-19(18-12-7-13-25-18)15-8-3-2-4-9-15/h2-14,19,22H,1H3,(H,23,24)/t14-,19-/m1/s1. The number of carbonyl (C=O) groups excluding carboxylic acids is 1. The van der Waals surface area contributed by atoms with Crippen LogP contribution in [0, 0.1) is 5.82 Å². The van der Waals surface area contributed by atoms with Crippen molar-refractivity contribution in [2.75, 3.05) is 5.32 Å². The SMILES string of the molecule is C[C@@H](N[C@H](c1ccccc1)c1ccco1)C(=O)Nc1ccccc1F. The number of halogens is 1. The minimum absolute atomic E-state index is 0.162. The molecule has 0 saturated heterocycles. The zero-order chi connectivity index (χ0) is 17.6. The molecule has 2 aromatic carbocycles. The average molecular weight is 338 g/mol. The van der Waals surface area contributed by atoms with E-state index >= 15 is 0 Å². The molecule has 0 saturated carbocycles. The van der Waals surface area contributed by atoms with E-state index < -0.39 is 11.9 Å². The van der Waals surface area contributed by atoms with Gasteiger partial charge in [-0.1, -0.05) is 42.5 Å². The van der Waals surface area contributed by atoms with Gasteiger partial charge in [0.2, 0.25) is 5.91 Å². The van der Waals surface area contributed by atoms with E-state index in [1.54, 1.807) is 31.4 Å². The van der Waals surface area contributed by atoms with Crippen LogP contribution in [0.25, 0.3) is 0 Å². The monoisotopic (exact) mass is 338 g/mol. The molecule has 0 aliphatic rings. The Balaban J connectivity index is 1.75. The van der Waals surface area contributed by atoms with Crippen LogP contribution >= 0.6 is 0 Å². The van der Waals surface area contributed by atoms with Crippen molar-refractivity contribution in [3.05, 3.63) is 90.1 Å². The zero-order valence-corrected chi connectivity index (χ0v) is 13.8. The zero-order valence-electron chi connectivity index (χ0n) is 13.8. The summed E-state index contributed by atoms with van der Waals surface area (Å²) in [7, 11) is 0. The summed E-state index contributed by atoms with van der Waals surface area (Å²) in [5.74, 6) is -0.0805. The fourth-order valence-electron chi connectivity index (χ4n) is 2.57. The Hall–Kier alpha value is -2.92. The Morgan fingerprint density at radius 2 is 1.72 bits per heavy atom. The maximum atomic E-state index is 13.7. The normalized spacial score (nSPS) is 13.2. The van der Waals surface area contributed by atoms with E-state index in [0.29, 0.717) is 5.76 Å². The number of carbonyl (C=O) groups is 1. The lowest BCUT2D eigenvalue weighted by Crippen LogP contribution is -2.40. The van der Waals surface area contributed by atoms with Crippen molar-refractivity contribution in [2.45, 2.75) is 19.0 Å². The highest BCUT2D eigenvalue weighted by Gasteiger charge is 2.23. The lowest BCUT2D eigenvalue weighted by atomic mass is 10.0. The predicted octanol–water partition coefficient (Wildman–Crippen LogP) is 4.12. The first kappa shape index (κ1) is 16.9. The molecule has 4 nitrogen and oxygen atoms in total. The molecule has 0 bridgehead atoms. The molecule has 1 aromatic heterocycles. The number of nitrogens with one attached hydrogen (secondary N) is 2. The van der Waals surface area contributed by atoms with Gasteiger partial charge in [-0.3, -0.25) is 10.1 Å². The summed E-state index contributed by atoms with van der Waals surface area (Å²) in [6.45, 7) is 1.73. The molecule has 3 rings (SSSR count). The maximum absolute atomic E-state index is 13.7. The Morgan fingerprint density at radius 1 is 1.00 bits per heavy atom. The molecule has 128 valence electrons. The third-order valence-corrected chi connectivity index (χ3v) is 3.90. The summed E-state index contributed by atoms with van der Waals surface area (Å²) in [5, 5.41) is 5.85. The summed E-state index contributed by atoms with van der Waals surface area (Å²) in [6.07, 6.45) is 1.59. The number of benzene rings is 2. The van der Waals surface area contributed by atoms with Gasteiger partial charge in [-0.2, -0.15) is 0 Å². The summed E-state index contributed by atoms with van der Waals surface area (Å²) < 4.78 is 19.2. The van der Waals surface area contributed by atoms with Crippen LogP contribution in [0.5, 0.6) is 0 Å². The minimum Gasteiger partial charge on any atom is -0.467 e. The van der Waals surface area contributed by atoms with Crippen LogP contribution in [-0.4, -0.2) is 11.9 Å². The number of rotatable bonds is 6. The second-order valence-corrected chi connectivity index (χ2v) is 5.72. The van der Waals surface area contributed by atoms with E-state index in [0.717, 1.165) is 5.56 Å². The van der Waals surface area contributed by atoms with Crippen LogP contribution < -0.4 is 10.6 Å². The number of para-hydroxylation sites is 1. The van der Waals surface area contributed by atoms with E-state index in [1.165, 1.54) is 12.1 Å². The lowest BCUT2D eigenvalue weighted by molar-refractivity contribution is -0.117. The van der Waals surface area contributed by atoms with Gasteiger partial charge in [0.1, 0.15) is 11.6 Å². The van der Waals surface area contributed by atoms with E-state index in [2.05, 4.69) is 10.6 Å². The van der Waals surface area contributed by atoms with E-state index in [9.17, 15) is 9.18 Å². The predicted molar refractivity (Wildman–Crippen MR) is 94.6 cm³/mol. The molecule has 2 atom stereocenters. The van der Waals surface area contributed by atoms with Crippen LogP contribution in [-0.2, 0) is 4.79 Å². The van der Waals surface area contributed by atoms with Gasteiger partial charge >= 0.3 is 0 Å². The minimum atomic E-state index is -0.560. The van der Waals surface area contributed by atoms with Gasteiger partial charge in [-0.15, -0.1) is 0 Å². The molecular weight excluding hydrogens is 319 g/mol. The fraction of sp³-hybridized carbons (Fsp3) is 0.150. The largest absolute Gasteiger partial charge is 0.467 e. The first-order valence-electron chi connectivity index (χ1n) is 8.05. The van der Waals surface area contributed by atoms with Gasteiger partial charge in [0.05, 0.1) is 24.0 Å². The average Bonchev–Trinajstić information content (AvgIpc) is 3.16. The number of furan rings is 1. The summed E-state index contributed by atoms with van der Waals surface area (Å²) in [6, 6.07) is 18.6. The number of anilines is 1. The first-order chi connectivity index (χ1) is 12.1. The molecule has 0 unspecified atom stereocenters. The van der Waals surface area contributed by atoms with Crippen molar-refractivity contribution in [2.24, 2.45) is 0 Å². The molecule has 0 fully saturated rings. The smallest absolute Gasteiger partial charge is 0.241 e. The van der Waals surface area contributed by atoms with Crippen LogP contribution in [0.3, 0.4) is 0 Å². The van der Waals surface area contributed by atoms with Crippen LogP contribution in [0.2, 0.25) is 0 Å². The molecule has 5 heteroatoms. The Bertz CT molecular complexity index is 819. The molecule has 0 radical (unpaired) electrons. The number of hydrogen-bond acceptors (Lipinski definition) is 3. The first-order valence-corrected chi connectivity index (χ1v) is 8.05. The molecule has 1 heterocycles. The maximum Gasteiger partial charge on any atom is 0.241 e. The number of amides is 1. The van der Waals surface area contributed by atoms with Crippen molar-refractivity contribution >= 4 is 11.6 Å². The molecule has 2 N–H and O–H groups in total. The van der Waals surface area contributed by atoms with Gasteiger partial charge in [-0.25, -0.2) is 4.39 Å². The van der Waals surface area contributed by atoms with Gasteiger partial charge in [0.25, 0.3) is 0 Å². The summed E-state index contributed by atoms with van der Waals surface area (Å²) in [5.41, 5.74) is 1.14.